The minimum Gasteiger partial charge on any atom is -0.394 e. The normalized spacial score (nSPS) is 19.8. The van der Waals surface area contributed by atoms with Crippen LogP contribution in [0.5, 0.6) is 0 Å². The number of piperidine rings is 1. The van der Waals surface area contributed by atoms with Crippen LogP contribution >= 0.6 is 0 Å². The maximum absolute atomic E-state index is 11.6. The van der Waals surface area contributed by atoms with Crippen molar-refractivity contribution in [3.05, 3.63) is 0 Å². The molecule has 1 unspecified atom stereocenters. The Labute approximate surface area is 109 Å². The lowest BCUT2D eigenvalue weighted by Crippen LogP contribution is -2.47. The molecule has 1 aliphatic rings. The highest BCUT2D eigenvalue weighted by Crippen LogP contribution is 2.10. The van der Waals surface area contributed by atoms with Crippen LogP contribution in [0.3, 0.4) is 0 Å². The van der Waals surface area contributed by atoms with E-state index in [1.807, 2.05) is 0 Å². The summed E-state index contributed by atoms with van der Waals surface area (Å²) in [5.74, 6) is 0.136. The zero-order valence-corrected chi connectivity index (χ0v) is 11.3. The number of nitrogens with one attached hydrogen (secondary N) is 1. The number of carbonyl (C=O) groups excluding carboxylic acids is 1. The number of likely N-dealkylation sites (N-methyl/N-ethyl adjacent to an activating group) is 1. The molecule has 0 radical (unpaired) electrons. The Bertz CT molecular complexity index is 253. The minimum absolute atomic E-state index is 0.136. The first kappa shape index (κ1) is 15.4. The summed E-state index contributed by atoms with van der Waals surface area (Å²) in [5, 5.41) is 21.2. The van der Waals surface area contributed by atoms with Gasteiger partial charge in [0, 0.05) is 39.8 Å². The van der Waals surface area contributed by atoms with E-state index >= 15 is 0 Å². The SMILES string of the molecule is CN(C)C(=O)CN1CCC(NCC(O)CO)CC1. The second kappa shape index (κ2) is 7.68. The molecule has 0 aromatic heterocycles. The maximum atomic E-state index is 11.6. The standard InChI is InChI=1S/C12H25N3O3/c1-14(2)12(18)8-15-5-3-10(4-6-15)13-7-11(17)9-16/h10-11,13,16-17H,3-9H2,1-2H3. The molecular formula is C12H25N3O3. The summed E-state index contributed by atoms with van der Waals surface area (Å²) < 4.78 is 0. The van der Waals surface area contributed by atoms with Gasteiger partial charge in [0.05, 0.1) is 19.3 Å². The summed E-state index contributed by atoms with van der Waals surface area (Å²) in [5.41, 5.74) is 0. The third-order valence-corrected chi connectivity index (χ3v) is 3.30. The van der Waals surface area contributed by atoms with Crippen molar-refractivity contribution in [3.8, 4) is 0 Å². The number of hydrogen-bond donors (Lipinski definition) is 3. The van der Waals surface area contributed by atoms with Gasteiger partial charge < -0.3 is 20.4 Å². The molecule has 6 heteroatoms. The number of nitrogens with zero attached hydrogens (tertiary/aromatic N) is 2. The monoisotopic (exact) mass is 259 g/mol. The van der Waals surface area contributed by atoms with E-state index in [0.29, 0.717) is 19.1 Å². The van der Waals surface area contributed by atoms with E-state index in [-0.39, 0.29) is 12.5 Å². The molecule has 3 N–H and O–H groups in total. The summed E-state index contributed by atoms with van der Waals surface area (Å²) >= 11 is 0. The first-order chi connectivity index (χ1) is 8.52. The fourth-order valence-corrected chi connectivity index (χ4v) is 2.00. The molecule has 1 aliphatic heterocycles. The van der Waals surface area contributed by atoms with Gasteiger partial charge in [0.1, 0.15) is 0 Å². The number of amides is 1. The van der Waals surface area contributed by atoms with Crippen molar-refractivity contribution in [1.29, 1.82) is 0 Å². The Kier molecular flexibility index (Phi) is 6.56. The highest BCUT2D eigenvalue weighted by Gasteiger charge is 2.21. The Morgan fingerprint density at radius 3 is 2.56 bits per heavy atom. The van der Waals surface area contributed by atoms with Crippen LogP contribution in [-0.2, 0) is 4.79 Å². The molecule has 1 atom stereocenters. The molecule has 0 aromatic rings. The van der Waals surface area contributed by atoms with Crippen LogP contribution in [-0.4, -0.2) is 84.9 Å². The molecule has 106 valence electrons. The lowest BCUT2D eigenvalue weighted by molar-refractivity contribution is -0.130. The van der Waals surface area contributed by atoms with Crippen molar-refractivity contribution in [3.63, 3.8) is 0 Å². The predicted octanol–water partition coefficient (Wildman–Crippen LogP) is -1.52. The van der Waals surface area contributed by atoms with Gasteiger partial charge in [-0.3, -0.25) is 9.69 Å². The Balaban J connectivity index is 2.18. The third kappa shape index (κ3) is 5.30. The summed E-state index contributed by atoms with van der Waals surface area (Å²) in [6.07, 6.45) is 1.26. The van der Waals surface area contributed by atoms with Gasteiger partial charge in [0.15, 0.2) is 0 Å². The van der Waals surface area contributed by atoms with E-state index in [9.17, 15) is 9.90 Å². The Hall–Kier alpha value is -0.690. The number of carbonyl (C=O) groups is 1. The van der Waals surface area contributed by atoms with Crippen molar-refractivity contribution in [1.82, 2.24) is 15.1 Å². The summed E-state index contributed by atoms with van der Waals surface area (Å²) in [6, 6.07) is 0.372. The number of aliphatic hydroxyl groups excluding tert-OH is 2. The smallest absolute Gasteiger partial charge is 0.236 e. The van der Waals surface area contributed by atoms with Crippen molar-refractivity contribution in [2.24, 2.45) is 0 Å². The van der Waals surface area contributed by atoms with Gasteiger partial charge in [-0.05, 0) is 12.8 Å². The van der Waals surface area contributed by atoms with Crippen molar-refractivity contribution >= 4 is 5.91 Å². The van der Waals surface area contributed by atoms with Crippen molar-refractivity contribution in [2.45, 2.75) is 25.0 Å². The van der Waals surface area contributed by atoms with Crippen LogP contribution in [0.4, 0.5) is 0 Å². The maximum Gasteiger partial charge on any atom is 0.236 e. The average molecular weight is 259 g/mol. The first-order valence-electron chi connectivity index (χ1n) is 6.47. The number of likely N-dealkylation sites (tertiary alicyclic amines) is 1. The molecule has 0 spiro atoms. The van der Waals surface area contributed by atoms with E-state index in [1.54, 1.807) is 19.0 Å². The Morgan fingerprint density at radius 1 is 1.44 bits per heavy atom. The lowest BCUT2D eigenvalue weighted by Gasteiger charge is -2.32. The molecule has 1 heterocycles. The number of rotatable bonds is 6. The van der Waals surface area contributed by atoms with Crippen molar-refractivity contribution in [2.75, 3.05) is 46.9 Å². The average Bonchev–Trinajstić information content (AvgIpc) is 2.37. The summed E-state index contributed by atoms with van der Waals surface area (Å²) in [6.45, 7) is 2.50. The van der Waals surface area contributed by atoms with Gasteiger partial charge in [-0.1, -0.05) is 0 Å². The first-order valence-corrected chi connectivity index (χ1v) is 6.47. The van der Waals surface area contributed by atoms with Crippen LogP contribution in [0.25, 0.3) is 0 Å². The lowest BCUT2D eigenvalue weighted by atomic mass is 10.0. The number of aliphatic hydroxyl groups is 2. The molecule has 1 saturated heterocycles. The van der Waals surface area contributed by atoms with Gasteiger partial charge in [0.25, 0.3) is 0 Å². The van der Waals surface area contributed by atoms with E-state index in [2.05, 4.69) is 10.2 Å². The van der Waals surface area contributed by atoms with Crippen LogP contribution in [0.1, 0.15) is 12.8 Å². The number of hydrogen-bond acceptors (Lipinski definition) is 5. The van der Waals surface area contributed by atoms with Crippen molar-refractivity contribution < 1.29 is 15.0 Å². The zero-order chi connectivity index (χ0) is 13.5. The van der Waals surface area contributed by atoms with Gasteiger partial charge in [-0.25, -0.2) is 0 Å². The van der Waals surface area contributed by atoms with Gasteiger partial charge in [0.2, 0.25) is 5.91 Å². The second-order valence-corrected chi connectivity index (χ2v) is 5.08. The van der Waals surface area contributed by atoms with Crippen LogP contribution in [0.15, 0.2) is 0 Å². The summed E-state index contributed by atoms with van der Waals surface area (Å²) in [4.78, 5) is 15.3. The molecule has 18 heavy (non-hydrogen) atoms. The predicted molar refractivity (Wildman–Crippen MR) is 69.3 cm³/mol. The molecule has 1 amide bonds. The fraction of sp³-hybridized carbons (Fsp3) is 0.917. The van der Waals surface area contributed by atoms with E-state index in [1.165, 1.54) is 0 Å². The zero-order valence-electron chi connectivity index (χ0n) is 11.3. The van der Waals surface area contributed by atoms with Gasteiger partial charge in [-0.15, -0.1) is 0 Å². The van der Waals surface area contributed by atoms with E-state index in [4.69, 9.17) is 5.11 Å². The Morgan fingerprint density at radius 2 is 2.06 bits per heavy atom. The molecule has 0 aromatic carbocycles. The molecule has 0 aliphatic carbocycles. The van der Waals surface area contributed by atoms with Crippen LogP contribution in [0, 0.1) is 0 Å². The van der Waals surface area contributed by atoms with Gasteiger partial charge >= 0.3 is 0 Å². The largest absolute Gasteiger partial charge is 0.394 e. The fourth-order valence-electron chi connectivity index (χ4n) is 2.00. The molecule has 1 rings (SSSR count). The van der Waals surface area contributed by atoms with Crippen LogP contribution in [0.2, 0.25) is 0 Å². The van der Waals surface area contributed by atoms with E-state index < -0.39 is 6.10 Å². The van der Waals surface area contributed by atoms with Crippen LogP contribution < -0.4 is 5.32 Å². The summed E-state index contributed by atoms with van der Waals surface area (Å²) in [7, 11) is 3.54. The van der Waals surface area contributed by atoms with E-state index in [0.717, 1.165) is 25.9 Å². The second-order valence-electron chi connectivity index (χ2n) is 5.08. The molecule has 1 fully saturated rings. The molecule has 0 saturated carbocycles. The van der Waals surface area contributed by atoms with Gasteiger partial charge in [-0.2, -0.15) is 0 Å². The topological polar surface area (TPSA) is 76.0 Å². The third-order valence-electron chi connectivity index (χ3n) is 3.30. The highest BCUT2D eigenvalue weighted by atomic mass is 16.3. The minimum atomic E-state index is -0.682. The highest BCUT2D eigenvalue weighted by molar-refractivity contribution is 5.77. The molecule has 0 bridgehead atoms. The molecular weight excluding hydrogens is 234 g/mol. The molecule has 6 nitrogen and oxygen atoms in total. The quantitative estimate of drug-likeness (QED) is 0.540.